The van der Waals surface area contributed by atoms with Gasteiger partial charge in [-0.25, -0.2) is 0 Å². The maximum atomic E-state index is 9.55. The fourth-order valence-corrected chi connectivity index (χ4v) is 1.12. The Morgan fingerprint density at radius 3 is 2.92 bits per heavy atom. The van der Waals surface area contributed by atoms with E-state index in [0.29, 0.717) is 18.7 Å². The summed E-state index contributed by atoms with van der Waals surface area (Å²) in [4.78, 5) is 3.91. The minimum absolute atomic E-state index is 0.108. The van der Waals surface area contributed by atoms with Crippen molar-refractivity contribution in [2.24, 2.45) is 5.73 Å². The van der Waals surface area contributed by atoms with Crippen molar-refractivity contribution >= 4 is 0 Å². The van der Waals surface area contributed by atoms with Crippen LogP contribution in [-0.4, -0.2) is 21.7 Å². The van der Waals surface area contributed by atoms with Gasteiger partial charge in [0.25, 0.3) is 0 Å². The quantitative estimate of drug-likeness (QED) is 0.610. The zero-order valence-corrected chi connectivity index (χ0v) is 7.35. The van der Waals surface area contributed by atoms with E-state index in [9.17, 15) is 5.11 Å². The molecule has 0 radical (unpaired) electrons. The summed E-state index contributed by atoms with van der Waals surface area (Å²) in [6.07, 6.45) is 1.54. The van der Waals surface area contributed by atoms with Crippen molar-refractivity contribution in [2.75, 3.05) is 6.54 Å². The highest BCUT2D eigenvalue weighted by molar-refractivity contribution is 5.18. The molecule has 1 rings (SSSR count). The van der Waals surface area contributed by atoms with Crippen molar-refractivity contribution in [3.8, 4) is 0 Å². The predicted molar refractivity (Wildman–Crippen MR) is 48.8 cm³/mol. The monoisotopic (exact) mass is 182 g/mol. The highest BCUT2D eigenvalue weighted by Gasteiger charge is 2.06. The zero-order valence-electron chi connectivity index (χ0n) is 7.35. The predicted octanol–water partition coefficient (Wildman–Crippen LogP) is -0.0439. The van der Waals surface area contributed by atoms with Crippen LogP contribution in [0.2, 0.25) is 0 Å². The molecular formula is C9H14N2O2. The summed E-state index contributed by atoms with van der Waals surface area (Å²) in [6.45, 7) is 0.334. The van der Waals surface area contributed by atoms with E-state index in [1.807, 2.05) is 0 Å². The van der Waals surface area contributed by atoms with Crippen LogP contribution in [-0.2, 0) is 6.61 Å². The third-order valence-electron chi connectivity index (χ3n) is 1.83. The summed E-state index contributed by atoms with van der Waals surface area (Å²) in [7, 11) is 0. The molecule has 0 aliphatic heterocycles. The average molecular weight is 182 g/mol. The van der Waals surface area contributed by atoms with Crippen LogP contribution >= 0.6 is 0 Å². The summed E-state index contributed by atoms with van der Waals surface area (Å²) in [6, 6.07) is 3.40. The van der Waals surface area contributed by atoms with Gasteiger partial charge in [-0.05, 0) is 30.7 Å². The van der Waals surface area contributed by atoms with Gasteiger partial charge in [0.15, 0.2) is 0 Å². The number of pyridine rings is 1. The molecule has 4 nitrogen and oxygen atoms in total. The third kappa shape index (κ3) is 2.77. The van der Waals surface area contributed by atoms with E-state index in [0.717, 1.165) is 5.56 Å². The molecule has 1 atom stereocenters. The highest BCUT2D eigenvalue weighted by atomic mass is 16.3. The lowest BCUT2D eigenvalue weighted by Gasteiger charge is -2.09. The summed E-state index contributed by atoms with van der Waals surface area (Å²) in [5.41, 5.74) is 6.63. The number of rotatable bonds is 4. The summed E-state index contributed by atoms with van der Waals surface area (Å²) in [5, 5.41) is 18.4. The van der Waals surface area contributed by atoms with E-state index in [1.165, 1.54) is 0 Å². The standard InChI is InChI=1S/C9H14N2O2/c10-3-1-9(13)7-2-4-11-8(5-7)6-12/h2,4-5,9,12-13H,1,3,6,10H2. The van der Waals surface area contributed by atoms with Gasteiger partial charge in [0.1, 0.15) is 0 Å². The van der Waals surface area contributed by atoms with Crippen LogP contribution in [0.4, 0.5) is 0 Å². The average Bonchev–Trinajstić information content (AvgIpc) is 2.18. The van der Waals surface area contributed by atoms with Gasteiger partial charge < -0.3 is 15.9 Å². The highest BCUT2D eigenvalue weighted by Crippen LogP contribution is 2.15. The Morgan fingerprint density at radius 2 is 2.31 bits per heavy atom. The van der Waals surface area contributed by atoms with Gasteiger partial charge in [0.2, 0.25) is 0 Å². The second-order valence-corrected chi connectivity index (χ2v) is 2.83. The molecule has 0 aliphatic carbocycles. The Labute approximate surface area is 77.0 Å². The lowest BCUT2D eigenvalue weighted by Crippen LogP contribution is -2.07. The van der Waals surface area contributed by atoms with Gasteiger partial charge in [-0.1, -0.05) is 0 Å². The van der Waals surface area contributed by atoms with Crippen molar-refractivity contribution in [3.05, 3.63) is 29.6 Å². The molecule has 0 amide bonds. The van der Waals surface area contributed by atoms with Gasteiger partial charge in [-0.3, -0.25) is 4.98 Å². The van der Waals surface area contributed by atoms with E-state index in [-0.39, 0.29) is 6.61 Å². The van der Waals surface area contributed by atoms with Gasteiger partial charge in [0, 0.05) is 6.20 Å². The summed E-state index contributed by atoms with van der Waals surface area (Å²) in [5.74, 6) is 0. The molecule has 1 heterocycles. The molecule has 0 bridgehead atoms. The Bertz CT molecular complexity index is 266. The molecule has 0 fully saturated rings. The van der Waals surface area contributed by atoms with Crippen molar-refractivity contribution in [3.63, 3.8) is 0 Å². The Kier molecular flexibility index (Phi) is 3.82. The van der Waals surface area contributed by atoms with Crippen LogP contribution < -0.4 is 5.73 Å². The topological polar surface area (TPSA) is 79.4 Å². The molecule has 1 unspecified atom stereocenters. The van der Waals surface area contributed by atoms with Gasteiger partial charge >= 0.3 is 0 Å². The Balaban J connectivity index is 2.75. The maximum Gasteiger partial charge on any atom is 0.0853 e. The van der Waals surface area contributed by atoms with Crippen LogP contribution in [0.3, 0.4) is 0 Å². The van der Waals surface area contributed by atoms with E-state index >= 15 is 0 Å². The molecule has 72 valence electrons. The number of aliphatic hydroxyl groups excluding tert-OH is 2. The lowest BCUT2D eigenvalue weighted by molar-refractivity contribution is 0.170. The molecule has 0 saturated heterocycles. The van der Waals surface area contributed by atoms with Crippen molar-refractivity contribution in [1.82, 2.24) is 4.98 Å². The van der Waals surface area contributed by atoms with Crippen molar-refractivity contribution in [2.45, 2.75) is 19.1 Å². The minimum atomic E-state index is -0.557. The first kappa shape index (κ1) is 10.1. The molecule has 13 heavy (non-hydrogen) atoms. The maximum absolute atomic E-state index is 9.55. The molecule has 0 saturated carbocycles. The first-order chi connectivity index (χ1) is 6.27. The largest absolute Gasteiger partial charge is 0.390 e. The van der Waals surface area contributed by atoms with Gasteiger partial charge in [0.05, 0.1) is 18.4 Å². The van der Waals surface area contributed by atoms with E-state index in [2.05, 4.69) is 4.98 Å². The smallest absolute Gasteiger partial charge is 0.0853 e. The molecule has 0 aromatic carbocycles. The normalized spacial score (nSPS) is 12.8. The first-order valence-corrected chi connectivity index (χ1v) is 4.21. The van der Waals surface area contributed by atoms with Gasteiger partial charge in [-0.15, -0.1) is 0 Å². The number of aliphatic hydroxyl groups is 2. The SMILES string of the molecule is NCCC(O)c1ccnc(CO)c1. The molecule has 1 aromatic heterocycles. The number of nitrogens with zero attached hydrogens (tertiary/aromatic N) is 1. The fraction of sp³-hybridized carbons (Fsp3) is 0.444. The fourth-order valence-electron chi connectivity index (χ4n) is 1.12. The van der Waals surface area contributed by atoms with Crippen LogP contribution in [0.5, 0.6) is 0 Å². The van der Waals surface area contributed by atoms with E-state index in [4.69, 9.17) is 10.8 Å². The second kappa shape index (κ2) is 4.91. The van der Waals surface area contributed by atoms with Crippen LogP contribution in [0.15, 0.2) is 18.3 Å². The molecule has 4 N–H and O–H groups in total. The van der Waals surface area contributed by atoms with E-state index in [1.54, 1.807) is 18.3 Å². The Hall–Kier alpha value is -0.970. The molecular weight excluding hydrogens is 168 g/mol. The third-order valence-corrected chi connectivity index (χ3v) is 1.83. The molecule has 1 aromatic rings. The van der Waals surface area contributed by atoms with E-state index < -0.39 is 6.10 Å². The number of hydrogen-bond donors (Lipinski definition) is 3. The number of aromatic nitrogens is 1. The number of hydrogen-bond acceptors (Lipinski definition) is 4. The minimum Gasteiger partial charge on any atom is -0.390 e. The number of nitrogens with two attached hydrogens (primary N) is 1. The van der Waals surface area contributed by atoms with Crippen molar-refractivity contribution in [1.29, 1.82) is 0 Å². The second-order valence-electron chi connectivity index (χ2n) is 2.83. The van der Waals surface area contributed by atoms with Crippen LogP contribution in [0, 0.1) is 0 Å². The summed E-state index contributed by atoms with van der Waals surface area (Å²) >= 11 is 0. The van der Waals surface area contributed by atoms with Crippen LogP contribution in [0.1, 0.15) is 23.8 Å². The van der Waals surface area contributed by atoms with Gasteiger partial charge in [-0.2, -0.15) is 0 Å². The molecule has 4 heteroatoms. The van der Waals surface area contributed by atoms with Crippen molar-refractivity contribution < 1.29 is 10.2 Å². The van der Waals surface area contributed by atoms with Crippen LogP contribution in [0.25, 0.3) is 0 Å². The first-order valence-electron chi connectivity index (χ1n) is 4.21. The Morgan fingerprint density at radius 1 is 1.54 bits per heavy atom. The molecule has 0 spiro atoms. The zero-order chi connectivity index (χ0) is 9.68. The summed E-state index contributed by atoms with van der Waals surface area (Å²) < 4.78 is 0. The molecule has 0 aliphatic rings. The lowest BCUT2D eigenvalue weighted by atomic mass is 10.1.